The van der Waals surface area contributed by atoms with Gasteiger partial charge in [-0.1, -0.05) is 36.0 Å². The van der Waals surface area contributed by atoms with Gasteiger partial charge in [-0.15, -0.1) is 0 Å². The molecule has 1 aromatic carbocycles. The first-order valence-electron chi connectivity index (χ1n) is 7.00. The van der Waals surface area contributed by atoms with Crippen LogP contribution < -0.4 is 0 Å². The average Bonchev–Trinajstić information content (AvgIpc) is 3.27. The second-order valence-corrected chi connectivity index (χ2v) is 6.73. The summed E-state index contributed by atoms with van der Waals surface area (Å²) >= 11 is 1.14. The third kappa shape index (κ3) is 3.85. The zero-order valence-electron chi connectivity index (χ0n) is 12.0. The molecular formula is C16H19NO3S. The molecule has 0 saturated heterocycles. The van der Waals surface area contributed by atoms with E-state index in [9.17, 15) is 15.0 Å². The van der Waals surface area contributed by atoms with E-state index in [2.05, 4.69) is 6.07 Å². The summed E-state index contributed by atoms with van der Waals surface area (Å²) in [4.78, 5) is 10.8. The molecule has 0 spiro atoms. The molecule has 0 heterocycles. The first-order valence-corrected chi connectivity index (χ1v) is 7.98. The largest absolute Gasteiger partial charge is 0.390 e. The number of benzene rings is 1. The molecule has 1 aliphatic carbocycles. The molecule has 5 heteroatoms. The van der Waals surface area contributed by atoms with Gasteiger partial charge in [-0.05, 0) is 30.4 Å². The third-order valence-electron chi connectivity index (χ3n) is 3.85. The summed E-state index contributed by atoms with van der Waals surface area (Å²) in [5.41, 5.74) is 1.27. The molecule has 0 amide bonds. The van der Waals surface area contributed by atoms with Gasteiger partial charge in [-0.25, -0.2) is 0 Å². The van der Waals surface area contributed by atoms with Crippen molar-refractivity contribution in [3.8, 4) is 6.07 Å². The maximum Gasteiger partial charge on any atom is 0.185 e. The number of carbonyl (C=O) groups is 1. The molecule has 2 rings (SSSR count). The van der Waals surface area contributed by atoms with E-state index in [0.29, 0.717) is 17.7 Å². The fourth-order valence-corrected chi connectivity index (χ4v) is 2.94. The van der Waals surface area contributed by atoms with Crippen molar-refractivity contribution in [2.45, 2.75) is 43.8 Å². The second kappa shape index (κ2) is 6.61. The Kier molecular flexibility index (Phi) is 5.04. The van der Waals surface area contributed by atoms with Crippen LogP contribution in [-0.4, -0.2) is 27.2 Å². The molecule has 0 bridgehead atoms. The lowest BCUT2D eigenvalue weighted by Gasteiger charge is -2.18. The normalized spacial score (nSPS) is 18.6. The molecule has 1 aromatic rings. The summed E-state index contributed by atoms with van der Waals surface area (Å²) in [5.74, 6) is 0.489. The van der Waals surface area contributed by atoms with Crippen molar-refractivity contribution >= 4 is 16.9 Å². The molecule has 1 fully saturated rings. The zero-order chi connectivity index (χ0) is 15.5. The van der Waals surface area contributed by atoms with Gasteiger partial charge >= 0.3 is 0 Å². The number of aliphatic hydroxyl groups excluding tert-OH is 2. The van der Waals surface area contributed by atoms with Crippen molar-refractivity contribution < 1.29 is 15.0 Å². The fourth-order valence-electron chi connectivity index (χ4n) is 2.29. The Bertz CT molecular complexity index is 546. The van der Waals surface area contributed by atoms with E-state index in [1.807, 2.05) is 12.1 Å². The quantitative estimate of drug-likeness (QED) is 0.843. The van der Waals surface area contributed by atoms with Gasteiger partial charge in [-0.2, -0.15) is 5.26 Å². The molecule has 4 nitrogen and oxygen atoms in total. The van der Waals surface area contributed by atoms with Crippen molar-refractivity contribution in [3.63, 3.8) is 0 Å². The first-order chi connectivity index (χ1) is 9.98. The highest BCUT2D eigenvalue weighted by Gasteiger charge is 2.44. The maximum atomic E-state index is 10.8. The molecule has 0 aliphatic heterocycles. The van der Waals surface area contributed by atoms with Crippen LogP contribution in [0.3, 0.4) is 0 Å². The van der Waals surface area contributed by atoms with Gasteiger partial charge in [0.05, 0.1) is 17.6 Å². The Morgan fingerprint density at radius 2 is 2.00 bits per heavy atom. The van der Waals surface area contributed by atoms with Gasteiger partial charge in [0.1, 0.15) is 6.10 Å². The summed E-state index contributed by atoms with van der Waals surface area (Å²) in [6.45, 7) is 1.48. The van der Waals surface area contributed by atoms with Gasteiger partial charge in [0.15, 0.2) is 5.12 Å². The van der Waals surface area contributed by atoms with Crippen molar-refractivity contribution in [1.82, 2.24) is 0 Å². The van der Waals surface area contributed by atoms with Crippen molar-refractivity contribution in [2.24, 2.45) is 0 Å². The first kappa shape index (κ1) is 16.0. The lowest BCUT2D eigenvalue weighted by atomic mass is 9.94. The number of nitriles is 1. The molecule has 0 aromatic heterocycles. The van der Waals surface area contributed by atoms with Crippen LogP contribution in [-0.2, 0) is 10.2 Å². The van der Waals surface area contributed by atoms with E-state index < -0.39 is 12.2 Å². The molecule has 1 saturated carbocycles. The van der Waals surface area contributed by atoms with Crippen LogP contribution in [0.15, 0.2) is 24.3 Å². The van der Waals surface area contributed by atoms with E-state index in [0.717, 1.165) is 30.2 Å². The summed E-state index contributed by atoms with van der Waals surface area (Å²) in [6.07, 6.45) is 0.263. The minimum absolute atomic E-state index is 0.00674. The number of nitrogens with zero attached hydrogens (tertiary/aromatic N) is 1. The molecule has 2 N–H and O–H groups in total. The molecule has 112 valence electrons. The third-order valence-corrected chi connectivity index (χ3v) is 4.70. The second-order valence-electron chi connectivity index (χ2n) is 5.46. The van der Waals surface area contributed by atoms with Gasteiger partial charge in [0, 0.05) is 12.7 Å². The van der Waals surface area contributed by atoms with Crippen LogP contribution in [0.1, 0.15) is 43.4 Å². The van der Waals surface area contributed by atoms with Crippen LogP contribution in [0.5, 0.6) is 0 Å². The standard InChI is InChI=1S/C16H19NO3S/c1-11(18)21-9-6-14(19)15(20)12-2-4-13(5-3-12)16(10-17)7-8-16/h2-5,14-15,19-20H,6-9H2,1H3. The van der Waals surface area contributed by atoms with Gasteiger partial charge in [-0.3, -0.25) is 4.79 Å². The summed E-state index contributed by atoms with van der Waals surface area (Å²) < 4.78 is 0. The Balaban J connectivity index is 1.95. The van der Waals surface area contributed by atoms with E-state index >= 15 is 0 Å². The average molecular weight is 305 g/mol. The van der Waals surface area contributed by atoms with Crippen molar-refractivity contribution in [1.29, 1.82) is 5.26 Å². The summed E-state index contributed by atoms with van der Waals surface area (Å²) in [7, 11) is 0. The van der Waals surface area contributed by atoms with Crippen LogP contribution in [0.2, 0.25) is 0 Å². The minimum Gasteiger partial charge on any atom is -0.390 e. The Morgan fingerprint density at radius 3 is 2.48 bits per heavy atom. The highest BCUT2D eigenvalue weighted by atomic mass is 32.2. The maximum absolute atomic E-state index is 10.8. The lowest BCUT2D eigenvalue weighted by molar-refractivity contribution is -0.109. The van der Waals surface area contributed by atoms with Crippen LogP contribution in [0.4, 0.5) is 0 Å². The number of thioether (sulfide) groups is 1. The van der Waals surface area contributed by atoms with E-state index in [1.165, 1.54) is 6.92 Å². The predicted octanol–water partition coefficient (Wildman–Crippen LogP) is 2.31. The molecule has 2 atom stereocenters. The topological polar surface area (TPSA) is 81.3 Å². The number of hydrogen-bond donors (Lipinski definition) is 2. The SMILES string of the molecule is CC(=O)SCCC(O)C(O)c1ccc(C2(C#N)CC2)cc1. The molecule has 21 heavy (non-hydrogen) atoms. The highest BCUT2D eigenvalue weighted by Crippen LogP contribution is 2.47. The van der Waals surface area contributed by atoms with Crippen molar-refractivity contribution in [2.75, 3.05) is 5.75 Å². The molecule has 1 aliphatic rings. The molecule has 0 radical (unpaired) electrons. The number of rotatable bonds is 6. The Morgan fingerprint density at radius 1 is 1.38 bits per heavy atom. The van der Waals surface area contributed by atoms with Gasteiger partial charge in [0.25, 0.3) is 0 Å². The molecular weight excluding hydrogens is 286 g/mol. The summed E-state index contributed by atoms with van der Waals surface area (Å²) in [6, 6.07) is 9.56. The van der Waals surface area contributed by atoms with Gasteiger partial charge < -0.3 is 10.2 Å². The molecule has 2 unspecified atom stereocenters. The lowest BCUT2D eigenvalue weighted by Crippen LogP contribution is -2.19. The predicted molar refractivity (Wildman–Crippen MR) is 81.7 cm³/mol. The monoisotopic (exact) mass is 305 g/mol. The van der Waals surface area contributed by atoms with E-state index in [1.54, 1.807) is 12.1 Å². The Labute approximate surface area is 128 Å². The van der Waals surface area contributed by atoms with Gasteiger partial charge in [0.2, 0.25) is 0 Å². The highest BCUT2D eigenvalue weighted by molar-refractivity contribution is 8.13. The number of hydrogen-bond acceptors (Lipinski definition) is 5. The number of aliphatic hydroxyl groups is 2. The zero-order valence-corrected chi connectivity index (χ0v) is 12.8. The van der Waals surface area contributed by atoms with E-state index in [4.69, 9.17) is 5.26 Å². The summed E-state index contributed by atoms with van der Waals surface area (Å²) in [5, 5.41) is 29.2. The number of carbonyl (C=O) groups excluding carboxylic acids is 1. The van der Waals surface area contributed by atoms with Crippen molar-refractivity contribution in [3.05, 3.63) is 35.4 Å². The smallest absolute Gasteiger partial charge is 0.185 e. The minimum atomic E-state index is -0.969. The Hall–Kier alpha value is -1.35. The van der Waals surface area contributed by atoms with Crippen LogP contribution >= 0.6 is 11.8 Å². The van der Waals surface area contributed by atoms with Crippen LogP contribution in [0, 0.1) is 11.3 Å². The van der Waals surface area contributed by atoms with Crippen LogP contribution in [0.25, 0.3) is 0 Å². The van der Waals surface area contributed by atoms with E-state index in [-0.39, 0.29) is 10.5 Å². The fraction of sp³-hybridized carbons (Fsp3) is 0.500.